The Balaban J connectivity index is 2.68. The average Bonchev–Trinajstić information content (AvgIpc) is 2.65. The molecule has 1 rings (SSSR count). The number of ether oxygens (including phenoxy) is 1. The van der Waals surface area contributed by atoms with Gasteiger partial charge in [0.15, 0.2) is 0 Å². The van der Waals surface area contributed by atoms with Crippen LogP contribution >= 0.6 is 15.9 Å². The molecule has 1 unspecified atom stereocenters. The third-order valence-electron chi connectivity index (χ3n) is 2.21. The molecule has 0 saturated heterocycles. The number of halogens is 4. The van der Waals surface area contributed by atoms with Crippen LogP contribution in [-0.2, 0) is 11.3 Å². The first kappa shape index (κ1) is 15.4. The minimum absolute atomic E-state index is 0.194. The van der Waals surface area contributed by atoms with E-state index in [0.29, 0.717) is 16.7 Å². The Kier molecular flexibility index (Phi) is 5.57. The second-order valence-corrected chi connectivity index (χ2v) is 4.40. The average molecular weight is 331 g/mol. The van der Waals surface area contributed by atoms with E-state index in [4.69, 9.17) is 5.84 Å². The molecule has 104 valence electrons. The van der Waals surface area contributed by atoms with Crippen molar-refractivity contribution in [2.75, 3.05) is 13.2 Å². The molecule has 1 atom stereocenters. The van der Waals surface area contributed by atoms with Gasteiger partial charge in [0.25, 0.3) is 0 Å². The van der Waals surface area contributed by atoms with Gasteiger partial charge in [-0.15, -0.1) is 0 Å². The number of rotatable bonds is 6. The molecular weight excluding hydrogens is 317 g/mol. The van der Waals surface area contributed by atoms with Gasteiger partial charge in [0.05, 0.1) is 29.0 Å². The van der Waals surface area contributed by atoms with Crippen LogP contribution in [0.1, 0.15) is 18.7 Å². The van der Waals surface area contributed by atoms with Crippen LogP contribution in [0.2, 0.25) is 0 Å². The summed E-state index contributed by atoms with van der Waals surface area (Å²) in [6.07, 6.45) is -2.78. The van der Waals surface area contributed by atoms with Gasteiger partial charge in [0, 0.05) is 6.54 Å². The lowest BCUT2D eigenvalue weighted by molar-refractivity contribution is -0.175. The molecule has 0 fully saturated rings. The maximum absolute atomic E-state index is 12.0. The molecule has 0 aliphatic rings. The van der Waals surface area contributed by atoms with E-state index in [0.717, 1.165) is 0 Å². The van der Waals surface area contributed by atoms with Crippen molar-refractivity contribution in [3.63, 3.8) is 0 Å². The molecule has 0 spiro atoms. The number of aryl methyl sites for hydroxylation is 1. The summed E-state index contributed by atoms with van der Waals surface area (Å²) in [5.74, 6) is 5.33. The molecule has 0 bridgehead atoms. The summed E-state index contributed by atoms with van der Waals surface area (Å²) < 4.78 is 42.8. The number of hydrazine groups is 1. The fraction of sp³-hybridized carbons (Fsp3) is 0.667. The van der Waals surface area contributed by atoms with Gasteiger partial charge >= 0.3 is 6.18 Å². The number of nitrogens with two attached hydrogens (primary N) is 1. The smallest absolute Gasteiger partial charge is 0.370 e. The molecule has 0 aliphatic carbocycles. The van der Waals surface area contributed by atoms with Crippen molar-refractivity contribution in [1.29, 1.82) is 0 Å². The maximum atomic E-state index is 12.0. The van der Waals surface area contributed by atoms with Crippen LogP contribution in [-0.4, -0.2) is 29.2 Å². The van der Waals surface area contributed by atoms with Crippen LogP contribution in [0.4, 0.5) is 13.2 Å². The number of aromatic nitrogens is 2. The number of nitrogens with zero attached hydrogens (tertiary/aromatic N) is 2. The van der Waals surface area contributed by atoms with Crippen molar-refractivity contribution < 1.29 is 17.9 Å². The third-order valence-corrected chi connectivity index (χ3v) is 2.83. The molecule has 0 saturated carbocycles. The molecule has 1 aromatic heterocycles. The lowest BCUT2D eigenvalue weighted by Crippen LogP contribution is -2.34. The lowest BCUT2D eigenvalue weighted by Gasteiger charge is -2.18. The summed E-state index contributed by atoms with van der Waals surface area (Å²) in [6, 6.07) is -0.566. The normalized spacial score (nSPS) is 13.9. The quantitative estimate of drug-likeness (QED) is 0.616. The van der Waals surface area contributed by atoms with Crippen molar-refractivity contribution >= 4 is 15.9 Å². The second-order valence-electron chi connectivity index (χ2n) is 3.54. The summed E-state index contributed by atoms with van der Waals surface area (Å²) in [7, 11) is 0. The first-order chi connectivity index (χ1) is 8.39. The van der Waals surface area contributed by atoms with Crippen LogP contribution in [0.25, 0.3) is 0 Å². The summed E-state index contributed by atoms with van der Waals surface area (Å²) in [6.45, 7) is 0.953. The molecule has 0 aromatic carbocycles. The maximum Gasteiger partial charge on any atom is 0.411 e. The summed E-state index contributed by atoms with van der Waals surface area (Å²) >= 11 is 3.27. The zero-order valence-electron chi connectivity index (χ0n) is 9.67. The Morgan fingerprint density at radius 2 is 2.28 bits per heavy atom. The molecule has 18 heavy (non-hydrogen) atoms. The van der Waals surface area contributed by atoms with Gasteiger partial charge in [-0.3, -0.25) is 10.5 Å². The van der Waals surface area contributed by atoms with Gasteiger partial charge in [-0.05, 0) is 22.9 Å². The van der Waals surface area contributed by atoms with Crippen LogP contribution in [0.5, 0.6) is 0 Å². The first-order valence-corrected chi connectivity index (χ1v) is 6.00. The SMILES string of the molecule is CCn1ncc(Br)c1C(COCC(F)(F)F)NN. The molecule has 1 heterocycles. The van der Waals surface area contributed by atoms with Gasteiger partial charge in [0.1, 0.15) is 6.61 Å². The fourth-order valence-corrected chi connectivity index (χ4v) is 2.04. The summed E-state index contributed by atoms with van der Waals surface area (Å²) in [5.41, 5.74) is 3.08. The van der Waals surface area contributed by atoms with Crippen LogP contribution in [0, 0.1) is 0 Å². The minimum Gasteiger partial charge on any atom is -0.370 e. The first-order valence-electron chi connectivity index (χ1n) is 5.20. The lowest BCUT2D eigenvalue weighted by atomic mass is 10.2. The molecule has 0 amide bonds. The van der Waals surface area contributed by atoms with E-state index in [1.807, 2.05) is 6.92 Å². The van der Waals surface area contributed by atoms with Crippen molar-refractivity contribution in [1.82, 2.24) is 15.2 Å². The van der Waals surface area contributed by atoms with E-state index in [1.165, 1.54) is 0 Å². The number of hydrogen-bond donors (Lipinski definition) is 2. The van der Waals surface area contributed by atoms with E-state index in [1.54, 1.807) is 10.9 Å². The highest BCUT2D eigenvalue weighted by Crippen LogP contribution is 2.24. The molecule has 9 heteroatoms. The molecular formula is C9H14BrF3N4O. The molecule has 5 nitrogen and oxygen atoms in total. The standard InChI is InChI=1S/C9H14BrF3N4O/c1-2-17-8(6(10)3-15-17)7(16-14)4-18-5-9(11,12)13/h3,7,16H,2,4-5,14H2,1H3. The van der Waals surface area contributed by atoms with Crippen LogP contribution in [0.15, 0.2) is 10.7 Å². The Labute approximate surface area is 111 Å². The van der Waals surface area contributed by atoms with E-state index in [-0.39, 0.29) is 6.61 Å². The van der Waals surface area contributed by atoms with Crippen LogP contribution < -0.4 is 11.3 Å². The van der Waals surface area contributed by atoms with Crippen molar-refractivity contribution in [2.24, 2.45) is 5.84 Å². The second kappa shape index (κ2) is 6.50. The highest BCUT2D eigenvalue weighted by atomic mass is 79.9. The molecule has 1 aromatic rings. The zero-order valence-corrected chi connectivity index (χ0v) is 11.3. The minimum atomic E-state index is -4.35. The Hall–Kier alpha value is -0.640. The third kappa shape index (κ3) is 4.23. The molecule has 0 aliphatic heterocycles. The van der Waals surface area contributed by atoms with Gasteiger partial charge in [-0.1, -0.05) is 0 Å². The van der Waals surface area contributed by atoms with Crippen molar-refractivity contribution in [3.05, 3.63) is 16.4 Å². The number of nitrogens with one attached hydrogen (secondary N) is 1. The zero-order chi connectivity index (χ0) is 13.8. The predicted molar refractivity (Wildman–Crippen MR) is 62.5 cm³/mol. The van der Waals surface area contributed by atoms with Gasteiger partial charge < -0.3 is 4.74 Å². The summed E-state index contributed by atoms with van der Waals surface area (Å²) in [5, 5.41) is 4.06. The van der Waals surface area contributed by atoms with E-state index < -0.39 is 18.8 Å². The monoisotopic (exact) mass is 330 g/mol. The number of alkyl halides is 3. The highest BCUT2D eigenvalue weighted by Gasteiger charge is 2.28. The molecule has 0 radical (unpaired) electrons. The predicted octanol–water partition coefficient (Wildman–Crippen LogP) is 1.75. The largest absolute Gasteiger partial charge is 0.411 e. The Bertz CT molecular complexity index is 382. The van der Waals surface area contributed by atoms with Gasteiger partial charge in [-0.2, -0.15) is 18.3 Å². The van der Waals surface area contributed by atoms with Crippen molar-refractivity contribution in [2.45, 2.75) is 25.7 Å². The Morgan fingerprint density at radius 1 is 1.61 bits per heavy atom. The Morgan fingerprint density at radius 3 is 2.78 bits per heavy atom. The summed E-state index contributed by atoms with van der Waals surface area (Å²) in [4.78, 5) is 0. The van der Waals surface area contributed by atoms with Crippen LogP contribution in [0.3, 0.4) is 0 Å². The van der Waals surface area contributed by atoms with Gasteiger partial charge in [0.2, 0.25) is 0 Å². The number of hydrogen-bond acceptors (Lipinski definition) is 4. The van der Waals surface area contributed by atoms with E-state index >= 15 is 0 Å². The van der Waals surface area contributed by atoms with Crippen molar-refractivity contribution in [3.8, 4) is 0 Å². The fourth-order valence-electron chi connectivity index (χ4n) is 1.47. The van der Waals surface area contributed by atoms with E-state index in [2.05, 4.69) is 31.2 Å². The van der Waals surface area contributed by atoms with E-state index in [9.17, 15) is 13.2 Å². The highest BCUT2D eigenvalue weighted by molar-refractivity contribution is 9.10. The molecule has 3 N–H and O–H groups in total. The van der Waals surface area contributed by atoms with Gasteiger partial charge in [-0.25, -0.2) is 5.43 Å². The topological polar surface area (TPSA) is 65.1 Å².